The number of carbonyl (C=O) groups excluding carboxylic acids is 2. The topological polar surface area (TPSA) is 66.8 Å². The standard InChI is InChI=1S/C13H17NO4/c1-3-18-13(17)9-14(2)12(16)8-10-4-6-11(15)7-5-10/h4-7,15H,3,8-9H2,1-2H3. The summed E-state index contributed by atoms with van der Waals surface area (Å²) in [4.78, 5) is 24.3. The number of hydrogen-bond donors (Lipinski definition) is 1. The third-order valence-corrected chi connectivity index (χ3v) is 2.39. The van der Waals surface area contributed by atoms with E-state index in [1.165, 1.54) is 17.0 Å². The van der Waals surface area contributed by atoms with Crippen molar-refractivity contribution in [1.29, 1.82) is 0 Å². The van der Waals surface area contributed by atoms with Gasteiger partial charge in [-0.3, -0.25) is 9.59 Å². The Balaban J connectivity index is 2.49. The van der Waals surface area contributed by atoms with Crippen molar-refractivity contribution in [2.24, 2.45) is 0 Å². The number of phenols is 1. The summed E-state index contributed by atoms with van der Waals surface area (Å²) in [5.41, 5.74) is 0.786. The molecule has 0 aromatic heterocycles. The monoisotopic (exact) mass is 251 g/mol. The third kappa shape index (κ3) is 4.45. The predicted molar refractivity (Wildman–Crippen MR) is 66.1 cm³/mol. The van der Waals surface area contributed by atoms with Crippen molar-refractivity contribution < 1.29 is 19.4 Å². The molecule has 0 heterocycles. The van der Waals surface area contributed by atoms with Crippen LogP contribution in [0.3, 0.4) is 0 Å². The molecule has 1 rings (SSSR count). The lowest BCUT2D eigenvalue weighted by atomic mass is 10.1. The molecule has 0 saturated carbocycles. The lowest BCUT2D eigenvalue weighted by Crippen LogP contribution is -2.34. The zero-order chi connectivity index (χ0) is 13.5. The zero-order valence-electron chi connectivity index (χ0n) is 10.5. The molecule has 0 aliphatic rings. The van der Waals surface area contributed by atoms with Gasteiger partial charge in [0.25, 0.3) is 0 Å². The molecule has 5 nitrogen and oxygen atoms in total. The minimum Gasteiger partial charge on any atom is -0.508 e. The van der Waals surface area contributed by atoms with Crippen LogP contribution in [0.1, 0.15) is 12.5 Å². The average Bonchev–Trinajstić information content (AvgIpc) is 2.32. The molecular formula is C13H17NO4. The first-order valence-electron chi connectivity index (χ1n) is 5.70. The number of phenolic OH excluding ortho intramolecular Hbond substituents is 1. The molecule has 0 fully saturated rings. The van der Waals surface area contributed by atoms with Gasteiger partial charge in [0.2, 0.25) is 5.91 Å². The Morgan fingerprint density at radius 1 is 1.28 bits per heavy atom. The van der Waals surface area contributed by atoms with E-state index in [0.29, 0.717) is 6.61 Å². The Labute approximate surface area is 106 Å². The maximum absolute atomic E-state index is 11.8. The second-order valence-corrected chi connectivity index (χ2v) is 3.90. The van der Waals surface area contributed by atoms with E-state index in [-0.39, 0.29) is 24.6 Å². The molecule has 18 heavy (non-hydrogen) atoms. The van der Waals surface area contributed by atoms with Crippen LogP contribution in [0.5, 0.6) is 5.75 Å². The van der Waals surface area contributed by atoms with Gasteiger partial charge in [0.1, 0.15) is 12.3 Å². The number of esters is 1. The van der Waals surface area contributed by atoms with Crippen molar-refractivity contribution in [2.45, 2.75) is 13.3 Å². The van der Waals surface area contributed by atoms with Crippen LogP contribution in [0.15, 0.2) is 24.3 Å². The quantitative estimate of drug-likeness (QED) is 0.791. The highest BCUT2D eigenvalue weighted by molar-refractivity contribution is 5.83. The number of likely N-dealkylation sites (N-methyl/N-ethyl adjacent to an activating group) is 1. The van der Waals surface area contributed by atoms with Gasteiger partial charge in [-0.1, -0.05) is 12.1 Å². The molecule has 1 amide bonds. The normalized spacial score (nSPS) is 9.89. The zero-order valence-corrected chi connectivity index (χ0v) is 10.5. The molecule has 0 aliphatic carbocycles. The van der Waals surface area contributed by atoms with Crippen LogP contribution in [-0.2, 0) is 20.7 Å². The number of amides is 1. The number of hydrogen-bond acceptors (Lipinski definition) is 4. The number of nitrogens with zero attached hydrogens (tertiary/aromatic N) is 1. The van der Waals surface area contributed by atoms with Crippen molar-refractivity contribution in [3.8, 4) is 5.75 Å². The first kappa shape index (κ1) is 14.0. The molecule has 98 valence electrons. The first-order valence-corrected chi connectivity index (χ1v) is 5.70. The molecule has 0 radical (unpaired) electrons. The minimum absolute atomic E-state index is 0.0508. The second-order valence-electron chi connectivity index (χ2n) is 3.90. The summed E-state index contributed by atoms with van der Waals surface area (Å²) in [6, 6.07) is 6.39. The fraction of sp³-hybridized carbons (Fsp3) is 0.385. The van der Waals surface area contributed by atoms with Gasteiger partial charge in [-0.25, -0.2) is 0 Å². The Bertz CT molecular complexity index is 414. The number of rotatable bonds is 5. The lowest BCUT2D eigenvalue weighted by molar-refractivity contribution is -0.147. The Morgan fingerprint density at radius 3 is 2.44 bits per heavy atom. The first-order chi connectivity index (χ1) is 8.52. The second kappa shape index (κ2) is 6.64. The summed E-state index contributed by atoms with van der Waals surface area (Å²) in [5.74, 6) is -0.432. The van der Waals surface area contributed by atoms with Gasteiger partial charge in [0.05, 0.1) is 13.0 Å². The van der Waals surface area contributed by atoms with Crippen LogP contribution in [0.4, 0.5) is 0 Å². The van der Waals surface area contributed by atoms with E-state index in [0.717, 1.165) is 5.56 Å². The van der Waals surface area contributed by atoms with Crippen molar-refractivity contribution in [2.75, 3.05) is 20.2 Å². The lowest BCUT2D eigenvalue weighted by Gasteiger charge is -2.16. The van der Waals surface area contributed by atoms with Crippen molar-refractivity contribution in [3.05, 3.63) is 29.8 Å². The van der Waals surface area contributed by atoms with Gasteiger partial charge in [0, 0.05) is 7.05 Å². The van der Waals surface area contributed by atoms with Gasteiger partial charge in [0.15, 0.2) is 0 Å². The van der Waals surface area contributed by atoms with Crippen molar-refractivity contribution in [1.82, 2.24) is 4.90 Å². The van der Waals surface area contributed by atoms with Gasteiger partial charge >= 0.3 is 5.97 Å². The summed E-state index contributed by atoms with van der Waals surface area (Å²) < 4.78 is 4.76. The molecule has 0 unspecified atom stereocenters. The molecule has 5 heteroatoms. The summed E-state index contributed by atoms with van der Waals surface area (Å²) in [7, 11) is 1.56. The summed E-state index contributed by atoms with van der Waals surface area (Å²) in [6.07, 6.45) is 0.191. The molecule has 1 aromatic carbocycles. The van der Waals surface area contributed by atoms with E-state index in [9.17, 15) is 9.59 Å². The Morgan fingerprint density at radius 2 is 1.89 bits per heavy atom. The summed E-state index contributed by atoms with van der Waals surface area (Å²) in [6.45, 7) is 1.97. The molecule has 0 aliphatic heterocycles. The van der Waals surface area contributed by atoms with E-state index >= 15 is 0 Å². The molecule has 0 saturated heterocycles. The van der Waals surface area contributed by atoms with Crippen molar-refractivity contribution in [3.63, 3.8) is 0 Å². The molecule has 0 atom stereocenters. The largest absolute Gasteiger partial charge is 0.508 e. The molecule has 0 bridgehead atoms. The fourth-order valence-electron chi connectivity index (χ4n) is 1.41. The van der Waals surface area contributed by atoms with E-state index in [1.54, 1.807) is 26.1 Å². The van der Waals surface area contributed by atoms with Crippen LogP contribution in [0.2, 0.25) is 0 Å². The van der Waals surface area contributed by atoms with Crippen LogP contribution in [-0.4, -0.2) is 42.1 Å². The maximum Gasteiger partial charge on any atom is 0.325 e. The van der Waals surface area contributed by atoms with Gasteiger partial charge in [-0.2, -0.15) is 0 Å². The highest BCUT2D eigenvalue weighted by atomic mass is 16.5. The SMILES string of the molecule is CCOC(=O)CN(C)C(=O)Cc1ccc(O)cc1. The highest BCUT2D eigenvalue weighted by Gasteiger charge is 2.13. The number of benzene rings is 1. The maximum atomic E-state index is 11.8. The van der Waals surface area contributed by atoms with E-state index in [1.807, 2.05) is 0 Å². The van der Waals surface area contributed by atoms with Gasteiger partial charge < -0.3 is 14.7 Å². The Kier molecular flexibility index (Phi) is 5.17. The van der Waals surface area contributed by atoms with E-state index < -0.39 is 5.97 Å². The summed E-state index contributed by atoms with van der Waals surface area (Å²) >= 11 is 0. The average molecular weight is 251 g/mol. The molecule has 1 N–H and O–H groups in total. The molecule has 0 spiro atoms. The van der Waals surface area contributed by atoms with Crippen LogP contribution in [0.25, 0.3) is 0 Å². The predicted octanol–water partition coefficient (Wildman–Crippen LogP) is 0.956. The fourth-order valence-corrected chi connectivity index (χ4v) is 1.41. The molecular weight excluding hydrogens is 234 g/mol. The van der Waals surface area contributed by atoms with E-state index in [4.69, 9.17) is 9.84 Å². The highest BCUT2D eigenvalue weighted by Crippen LogP contribution is 2.10. The van der Waals surface area contributed by atoms with Crippen molar-refractivity contribution >= 4 is 11.9 Å². The summed E-state index contributed by atoms with van der Waals surface area (Å²) in [5, 5.41) is 9.12. The van der Waals surface area contributed by atoms with Gasteiger partial charge in [-0.05, 0) is 24.6 Å². The van der Waals surface area contributed by atoms with Gasteiger partial charge in [-0.15, -0.1) is 0 Å². The number of aromatic hydroxyl groups is 1. The number of carbonyl (C=O) groups is 2. The minimum atomic E-state index is -0.418. The molecule has 1 aromatic rings. The Hall–Kier alpha value is -2.04. The van der Waals surface area contributed by atoms with Crippen LogP contribution >= 0.6 is 0 Å². The van der Waals surface area contributed by atoms with Crippen LogP contribution in [0, 0.1) is 0 Å². The van der Waals surface area contributed by atoms with E-state index in [2.05, 4.69) is 0 Å². The smallest absolute Gasteiger partial charge is 0.325 e. The third-order valence-electron chi connectivity index (χ3n) is 2.39. The van der Waals surface area contributed by atoms with Crippen LogP contribution < -0.4 is 0 Å². The number of ether oxygens (including phenoxy) is 1.